The molecule has 26 heavy (non-hydrogen) atoms. The normalized spacial score (nSPS) is 14.4. The van der Waals surface area contributed by atoms with E-state index in [4.69, 9.17) is 8.94 Å². The molecule has 2 heterocycles. The van der Waals surface area contributed by atoms with Crippen LogP contribution >= 0.6 is 0 Å². The lowest BCUT2D eigenvalue weighted by Gasteiger charge is -2.18. The minimum atomic E-state index is 0.00275. The molecule has 0 aliphatic rings. The summed E-state index contributed by atoms with van der Waals surface area (Å²) in [6.07, 6.45) is 0. The van der Waals surface area contributed by atoms with Crippen molar-refractivity contribution in [3.05, 3.63) is 53.1 Å². The SMILES string of the molecule is CN=C(NCC(C)c1c(C)noc1C)NC(C)c1cc2ccccc2o1. The highest BCUT2D eigenvalue weighted by Gasteiger charge is 2.18. The van der Waals surface area contributed by atoms with Crippen LogP contribution in [0.25, 0.3) is 11.0 Å². The minimum absolute atomic E-state index is 0.00275. The van der Waals surface area contributed by atoms with Crippen LogP contribution in [-0.2, 0) is 0 Å². The molecule has 2 N–H and O–H groups in total. The van der Waals surface area contributed by atoms with Gasteiger partial charge in [-0.05, 0) is 32.9 Å². The first-order valence-electron chi connectivity index (χ1n) is 8.88. The fourth-order valence-corrected chi connectivity index (χ4v) is 3.23. The van der Waals surface area contributed by atoms with E-state index in [1.54, 1.807) is 7.05 Å². The second-order valence-electron chi connectivity index (χ2n) is 6.64. The van der Waals surface area contributed by atoms with Crippen LogP contribution in [0.15, 0.2) is 44.3 Å². The van der Waals surface area contributed by atoms with Gasteiger partial charge < -0.3 is 19.6 Å². The average molecular weight is 354 g/mol. The minimum Gasteiger partial charge on any atom is -0.459 e. The topological polar surface area (TPSA) is 75.6 Å². The number of aryl methyl sites for hydroxylation is 2. The fourth-order valence-electron chi connectivity index (χ4n) is 3.23. The first-order valence-corrected chi connectivity index (χ1v) is 8.88. The van der Waals surface area contributed by atoms with Crippen LogP contribution < -0.4 is 10.6 Å². The van der Waals surface area contributed by atoms with Crippen molar-refractivity contribution in [3.8, 4) is 0 Å². The van der Waals surface area contributed by atoms with Crippen molar-refractivity contribution in [1.29, 1.82) is 0 Å². The summed E-state index contributed by atoms with van der Waals surface area (Å²) in [6.45, 7) is 8.86. The van der Waals surface area contributed by atoms with Crippen LogP contribution in [0, 0.1) is 13.8 Å². The number of fused-ring (bicyclic) bond motifs is 1. The van der Waals surface area contributed by atoms with Gasteiger partial charge in [-0.15, -0.1) is 0 Å². The van der Waals surface area contributed by atoms with E-state index in [9.17, 15) is 0 Å². The number of benzene rings is 1. The fraction of sp³-hybridized carbons (Fsp3) is 0.400. The number of para-hydroxylation sites is 1. The zero-order valence-electron chi connectivity index (χ0n) is 16.0. The van der Waals surface area contributed by atoms with Crippen molar-refractivity contribution in [2.75, 3.05) is 13.6 Å². The summed E-state index contributed by atoms with van der Waals surface area (Å²) in [5.74, 6) is 2.75. The van der Waals surface area contributed by atoms with Gasteiger partial charge in [0.05, 0.1) is 11.7 Å². The Bertz CT molecular complexity index is 857. The molecule has 0 saturated carbocycles. The first-order chi connectivity index (χ1) is 12.5. The van der Waals surface area contributed by atoms with E-state index < -0.39 is 0 Å². The standard InChI is InChI=1S/C20H26N4O2/c1-12(19-14(3)24-26-15(19)4)11-22-20(21-5)23-13(2)18-10-16-8-6-7-9-17(16)25-18/h6-10,12-13H,11H2,1-5H3,(H2,21,22,23). The van der Waals surface area contributed by atoms with Gasteiger partial charge in [0.1, 0.15) is 17.1 Å². The Balaban J connectivity index is 1.62. The van der Waals surface area contributed by atoms with Crippen LogP contribution in [0.3, 0.4) is 0 Å². The third-order valence-electron chi connectivity index (χ3n) is 4.61. The summed E-state index contributed by atoms with van der Waals surface area (Å²) < 4.78 is 11.2. The molecule has 0 bridgehead atoms. The number of hydrogen-bond acceptors (Lipinski definition) is 4. The number of nitrogens with zero attached hydrogens (tertiary/aromatic N) is 2. The van der Waals surface area contributed by atoms with E-state index in [2.05, 4.69) is 40.7 Å². The van der Waals surface area contributed by atoms with E-state index >= 15 is 0 Å². The van der Waals surface area contributed by atoms with Gasteiger partial charge in [0, 0.05) is 30.5 Å². The number of nitrogens with one attached hydrogen (secondary N) is 2. The van der Waals surface area contributed by atoms with Gasteiger partial charge in [-0.25, -0.2) is 0 Å². The Morgan fingerprint density at radius 3 is 2.65 bits per heavy atom. The van der Waals surface area contributed by atoms with Crippen LogP contribution in [0.5, 0.6) is 0 Å². The molecule has 138 valence electrons. The molecule has 6 heteroatoms. The van der Waals surface area contributed by atoms with Gasteiger partial charge in [-0.1, -0.05) is 30.3 Å². The van der Waals surface area contributed by atoms with E-state index in [0.29, 0.717) is 0 Å². The number of rotatable bonds is 5. The quantitative estimate of drug-likeness (QED) is 0.534. The Kier molecular flexibility index (Phi) is 5.30. The van der Waals surface area contributed by atoms with E-state index in [-0.39, 0.29) is 12.0 Å². The van der Waals surface area contributed by atoms with E-state index in [0.717, 1.165) is 46.3 Å². The highest BCUT2D eigenvalue weighted by molar-refractivity contribution is 5.81. The van der Waals surface area contributed by atoms with Gasteiger partial charge in [0.2, 0.25) is 0 Å². The predicted octanol–water partition coefficient (Wildman–Crippen LogP) is 4.07. The highest BCUT2D eigenvalue weighted by atomic mass is 16.5. The molecule has 2 unspecified atom stereocenters. The summed E-state index contributed by atoms with van der Waals surface area (Å²) in [5, 5.41) is 11.9. The van der Waals surface area contributed by atoms with Crippen molar-refractivity contribution in [1.82, 2.24) is 15.8 Å². The third-order valence-corrected chi connectivity index (χ3v) is 4.61. The molecule has 3 aromatic rings. The first kappa shape index (κ1) is 18.0. The Hall–Kier alpha value is -2.76. The van der Waals surface area contributed by atoms with Crippen molar-refractivity contribution < 1.29 is 8.94 Å². The number of hydrogen-bond donors (Lipinski definition) is 2. The molecule has 0 fully saturated rings. The lowest BCUT2D eigenvalue weighted by molar-refractivity contribution is 0.391. The highest BCUT2D eigenvalue weighted by Crippen LogP contribution is 2.24. The molecule has 3 rings (SSSR count). The molecular formula is C20H26N4O2. The number of aromatic nitrogens is 1. The van der Waals surface area contributed by atoms with E-state index in [1.165, 1.54) is 0 Å². The Morgan fingerprint density at radius 1 is 1.23 bits per heavy atom. The van der Waals surface area contributed by atoms with Crippen molar-refractivity contribution >= 4 is 16.9 Å². The number of guanidine groups is 1. The van der Waals surface area contributed by atoms with Gasteiger partial charge in [0.15, 0.2) is 5.96 Å². The maximum absolute atomic E-state index is 5.93. The Labute approximate surface area is 153 Å². The van der Waals surface area contributed by atoms with Crippen LogP contribution in [-0.4, -0.2) is 24.7 Å². The van der Waals surface area contributed by atoms with Gasteiger partial charge >= 0.3 is 0 Å². The summed E-state index contributed by atoms with van der Waals surface area (Å²) >= 11 is 0. The van der Waals surface area contributed by atoms with Crippen LogP contribution in [0.2, 0.25) is 0 Å². The largest absolute Gasteiger partial charge is 0.459 e. The van der Waals surface area contributed by atoms with Gasteiger partial charge in [-0.2, -0.15) is 0 Å². The monoisotopic (exact) mass is 354 g/mol. The molecule has 2 aromatic heterocycles. The Morgan fingerprint density at radius 2 is 2.00 bits per heavy atom. The third kappa shape index (κ3) is 3.74. The smallest absolute Gasteiger partial charge is 0.191 e. The molecule has 0 saturated heterocycles. The van der Waals surface area contributed by atoms with Crippen LogP contribution in [0.1, 0.15) is 48.6 Å². The summed E-state index contributed by atoms with van der Waals surface area (Å²) in [4.78, 5) is 4.32. The van der Waals surface area contributed by atoms with Gasteiger partial charge in [0.25, 0.3) is 0 Å². The second-order valence-corrected chi connectivity index (χ2v) is 6.64. The lowest BCUT2D eigenvalue weighted by atomic mass is 10.00. The molecular weight excluding hydrogens is 328 g/mol. The molecule has 0 amide bonds. The summed E-state index contributed by atoms with van der Waals surface area (Å²) in [5.41, 5.74) is 2.99. The maximum atomic E-state index is 5.93. The molecule has 2 atom stereocenters. The molecule has 0 aliphatic heterocycles. The predicted molar refractivity (Wildman–Crippen MR) is 104 cm³/mol. The zero-order chi connectivity index (χ0) is 18.7. The molecule has 0 spiro atoms. The average Bonchev–Trinajstić information content (AvgIpc) is 3.21. The zero-order valence-corrected chi connectivity index (χ0v) is 16.0. The lowest BCUT2D eigenvalue weighted by Crippen LogP contribution is -2.40. The summed E-state index contributed by atoms with van der Waals surface area (Å²) in [6, 6.07) is 10.1. The van der Waals surface area contributed by atoms with Crippen molar-refractivity contribution in [3.63, 3.8) is 0 Å². The molecule has 1 aromatic carbocycles. The summed E-state index contributed by atoms with van der Waals surface area (Å²) in [7, 11) is 1.77. The van der Waals surface area contributed by atoms with Crippen molar-refractivity contribution in [2.24, 2.45) is 4.99 Å². The maximum Gasteiger partial charge on any atom is 0.191 e. The molecule has 0 radical (unpaired) electrons. The van der Waals surface area contributed by atoms with Crippen molar-refractivity contribution in [2.45, 2.75) is 39.7 Å². The molecule has 6 nitrogen and oxygen atoms in total. The molecule has 0 aliphatic carbocycles. The second kappa shape index (κ2) is 7.64. The van der Waals surface area contributed by atoms with E-state index in [1.807, 2.05) is 38.1 Å². The number of furan rings is 1. The van der Waals surface area contributed by atoms with Gasteiger partial charge in [-0.3, -0.25) is 4.99 Å². The number of aliphatic imine (C=N–C) groups is 1. The van der Waals surface area contributed by atoms with Crippen LogP contribution in [0.4, 0.5) is 0 Å².